The molecule has 2 atom stereocenters. The van der Waals surface area contributed by atoms with Gasteiger partial charge in [0.1, 0.15) is 6.04 Å². The highest BCUT2D eigenvalue weighted by atomic mass is 16.2. The maximum atomic E-state index is 13.4. The third-order valence-corrected chi connectivity index (χ3v) is 5.99. The van der Waals surface area contributed by atoms with E-state index < -0.39 is 12.1 Å². The summed E-state index contributed by atoms with van der Waals surface area (Å²) in [5, 5.41) is 3.97. The van der Waals surface area contributed by atoms with Gasteiger partial charge in [-0.3, -0.25) is 9.59 Å². The number of H-pyrrole nitrogens is 1. The van der Waals surface area contributed by atoms with Crippen LogP contribution in [0.2, 0.25) is 0 Å². The van der Waals surface area contributed by atoms with Gasteiger partial charge in [-0.15, -0.1) is 0 Å². The van der Waals surface area contributed by atoms with Gasteiger partial charge in [-0.25, -0.2) is 0 Å². The standard InChI is InChI=1S/C28H30N4O2/c1-32(19-21-12-6-3-7-13-21)28(34)26(16-20-10-4-2-5-11-20)31-27(33)24(29)17-22-18-30-25-15-9-8-14-23(22)25/h2-15,18,24,26,30H,16-17,19,29H2,1H3,(H,31,33)/t24-,26+/m1/s1. The molecule has 174 valence electrons. The first-order valence-electron chi connectivity index (χ1n) is 11.4. The number of hydrogen-bond donors (Lipinski definition) is 3. The Balaban J connectivity index is 1.47. The van der Waals surface area contributed by atoms with Gasteiger partial charge in [0.2, 0.25) is 11.8 Å². The van der Waals surface area contributed by atoms with Gasteiger partial charge in [0.05, 0.1) is 6.04 Å². The van der Waals surface area contributed by atoms with E-state index in [4.69, 9.17) is 5.73 Å². The fraction of sp³-hybridized carbons (Fsp3) is 0.214. The zero-order valence-electron chi connectivity index (χ0n) is 19.3. The van der Waals surface area contributed by atoms with E-state index in [0.717, 1.165) is 27.6 Å². The zero-order chi connectivity index (χ0) is 23.9. The molecule has 0 spiro atoms. The van der Waals surface area contributed by atoms with Crippen molar-refractivity contribution < 1.29 is 9.59 Å². The number of carbonyl (C=O) groups is 2. The third-order valence-electron chi connectivity index (χ3n) is 5.99. The number of benzene rings is 3. The normalized spacial score (nSPS) is 12.8. The number of nitrogens with two attached hydrogens (primary N) is 1. The van der Waals surface area contributed by atoms with Crippen molar-refractivity contribution in [3.8, 4) is 0 Å². The summed E-state index contributed by atoms with van der Waals surface area (Å²) in [6, 6.07) is 25.9. The Labute approximate surface area is 199 Å². The summed E-state index contributed by atoms with van der Waals surface area (Å²) in [5.74, 6) is -0.493. The lowest BCUT2D eigenvalue weighted by Gasteiger charge is -2.26. The minimum Gasteiger partial charge on any atom is -0.361 e. The van der Waals surface area contributed by atoms with Crippen LogP contribution in [0.25, 0.3) is 10.9 Å². The number of aromatic nitrogens is 1. The number of fused-ring (bicyclic) bond motifs is 1. The van der Waals surface area contributed by atoms with Crippen LogP contribution in [0.1, 0.15) is 16.7 Å². The van der Waals surface area contributed by atoms with E-state index in [1.807, 2.05) is 91.1 Å². The molecule has 0 saturated carbocycles. The van der Waals surface area contributed by atoms with Crippen LogP contribution in [0.15, 0.2) is 91.1 Å². The molecule has 0 aliphatic rings. The molecule has 0 unspecified atom stereocenters. The molecule has 0 aliphatic heterocycles. The molecule has 6 nitrogen and oxygen atoms in total. The SMILES string of the molecule is CN(Cc1ccccc1)C(=O)[C@H](Cc1ccccc1)NC(=O)[C@H](N)Cc1c[nH]c2ccccc12. The van der Waals surface area contributed by atoms with Crippen molar-refractivity contribution in [2.75, 3.05) is 7.05 Å². The van der Waals surface area contributed by atoms with Crippen LogP contribution in [-0.2, 0) is 29.0 Å². The Kier molecular flexibility index (Phi) is 7.40. The summed E-state index contributed by atoms with van der Waals surface area (Å²) >= 11 is 0. The first kappa shape index (κ1) is 23.3. The quantitative estimate of drug-likeness (QED) is 0.362. The predicted octanol–water partition coefficient (Wildman–Crippen LogP) is 3.42. The Bertz CT molecular complexity index is 1240. The second-order valence-corrected chi connectivity index (χ2v) is 8.60. The summed E-state index contributed by atoms with van der Waals surface area (Å²) < 4.78 is 0. The molecule has 3 aromatic carbocycles. The van der Waals surface area contributed by atoms with Crippen molar-refractivity contribution >= 4 is 22.7 Å². The number of likely N-dealkylation sites (N-methyl/N-ethyl adjacent to an activating group) is 1. The van der Waals surface area contributed by atoms with Crippen molar-refractivity contribution in [3.63, 3.8) is 0 Å². The highest BCUT2D eigenvalue weighted by Gasteiger charge is 2.27. The minimum atomic E-state index is -0.773. The van der Waals surface area contributed by atoms with Crippen LogP contribution in [-0.4, -0.2) is 40.8 Å². The van der Waals surface area contributed by atoms with Gasteiger partial charge in [0.15, 0.2) is 0 Å². The van der Waals surface area contributed by atoms with Crippen LogP contribution < -0.4 is 11.1 Å². The van der Waals surface area contributed by atoms with Gasteiger partial charge in [0, 0.05) is 37.1 Å². The molecule has 0 fully saturated rings. The lowest BCUT2D eigenvalue weighted by molar-refractivity contribution is -0.136. The van der Waals surface area contributed by atoms with E-state index in [9.17, 15) is 9.59 Å². The first-order chi connectivity index (χ1) is 16.5. The van der Waals surface area contributed by atoms with Crippen molar-refractivity contribution in [2.45, 2.75) is 31.5 Å². The Morgan fingerprint density at radius 1 is 0.882 bits per heavy atom. The molecule has 1 heterocycles. The van der Waals surface area contributed by atoms with Gasteiger partial charge >= 0.3 is 0 Å². The van der Waals surface area contributed by atoms with E-state index in [-0.39, 0.29) is 11.8 Å². The average molecular weight is 455 g/mol. The second-order valence-electron chi connectivity index (χ2n) is 8.60. The van der Waals surface area contributed by atoms with Crippen molar-refractivity contribution in [2.24, 2.45) is 5.73 Å². The number of aromatic amines is 1. The number of amides is 2. The number of nitrogens with zero attached hydrogens (tertiary/aromatic N) is 1. The van der Waals surface area contributed by atoms with Gasteiger partial charge < -0.3 is 20.9 Å². The topological polar surface area (TPSA) is 91.2 Å². The van der Waals surface area contributed by atoms with Gasteiger partial charge in [-0.05, 0) is 29.2 Å². The second kappa shape index (κ2) is 10.8. The number of para-hydroxylation sites is 1. The van der Waals surface area contributed by atoms with Crippen molar-refractivity contribution in [1.82, 2.24) is 15.2 Å². The fourth-order valence-corrected chi connectivity index (χ4v) is 4.16. The Morgan fingerprint density at radius 2 is 1.50 bits per heavy atom. The van der Waals surface area contributed by atoms with E-state index in [1.165, 1.54) is 0 Å². The van der Waals surface area contributed by atoms with Gasteiger partial charge in [0.25, 0.3) is 0 Å². The van der Waals surface area contributed by atoms with Crippen molar-refractivity contribution in [3.05, 3.63) is 108 Å². The van der Waals surface area contributed by atoms with E-state index >= 15 is 0 Å². The van der Waals surface area contributed by atoms with Crippen LogP contribution in [0.3, 0.4) is 0 Å². The minimum absolute atomic E-state index is 0.152. The largest absolute Gasteiger partial charge is 0.361 e. The highest BCUT2D eigenvalue weighted by molar-refractivity contribution is 5.91. The molecule has 2 amide bonds. The third kappa shape index (κ3) is 5.71. The van der Waals surface area contributed by atoms with Gasteiger partial charge in [-0.2, -0.15) is 0 Å². The molecule has 0 aliphatic carbocycles. The maximum absolute atomic E-state index is 13.4. The molecule has 1 aromatic heterocycles. The summed E-state index contributed by atoms with van der Waals surface area (Å²) in [4.78, 5) is 31.3. The number of hydrogen-bond acceptors (Lipinski definition) is 3. The molecule has 34 heavy (non-hydrogen) atoms. The van der Waals surface area contributed by atoms with E-state index in [2.05, 4.69) is 10.3 Å². The molecule has 4 N–H and O–H groups in total. The number of rotatable bonds is 9. The Hall–Kier alpha value is -3.90. The Morgan fingerprint density at radius 3 is 2.21 bits per heavy atom. The average Bonchev–Trinajstić information content (AvgIpc) is 3.27. The predicted molar refractivity (Wildman–Crippen MR) is 135 cm³/mol. The molecular formula is C28H30N4O2. The maximum Gasteiger partial charge on any atom is 0.245 e. The zero-order valence-corrected chi connectivity index (χ0v) is 19.3. The molecule has 4 rings (SSSR count). The molecular weight excluding hydrogens is 424 g/mol. The smallest absolute Gasteiger partial charge is 0.245 e. The van der Waals surface area contributed by atoms with Crippen molar-refractivity contribution in [1.29, 1.82) is 0 Å². The lowest BCUT2D eigenvalue weighted by Crippen LogP contribution is -2.53. The highest BCUT2D eigenvalue weighted by Crippen LogP contribution is 2.19. The summed E-state index contributed by atoms with van der Waals surface area (Å²) in [6.45, 7) is 0.461. The fourth-order valence-electron chi connectivity index (χ4n) is 4.16. The molecule has 0 radical (unpaired) electrons. The number of nitrogens with one attached hydrogen (secondary N) is 2. The van der Waals surface area contributed by atoms with Crippen LogP contribution in [0.4, 0.5) is 0 Å². The summed E-state index contributed by atoms with van der Waals surface area (Å²) in [7, 11) is 1.76. The van der Waals surface area contributed by atoms with Crippen LogP contribution in [0.5, 0.6) is 0 Å². The number of carbonyl (C=O) groups excluding carboxylic acids is 2. The molecule has 4 aromatic rings. The summed E-state index contributed by atoms with van der Waals surface area (Å²) in [6.07, 6.45) is 2.66. The molecule has 6 heteroatoms. The first-order valence-corrected chi connectivity index (χ1v) is 11.4. The van der Waals surface area contributed by atoms with Crippen LogP contribution in [0, 0.1) is 0 Å². The van der Waals surface area contributed by atoms with E-state index in [1.54, 1.807) is 11.9 Å². The van der Waals surface area contributed by atoms with Crippen LogP contribution >= 0.6 is 0 Å². The molecule has 0 bridgehead atoms. The van der Waals surface area contributed by atoms with E-state index in [0.29, 0.717) is 19.4 Å². The monoisotopic (exact) mass is 454 g/mol. The molecule has 0 saturated heterocycles. The lowest BCUT2D eigenvalue weighted by atomic mass is 10.0. The summed E-state index contributed by atoms with van der Waals surface area (Å²) in [5.41, 5.74) is 10.3. The van der Waals surface area contributed by atoms with Gasteiger partial charge in [-0.1, -0.05) is 78.9 Å².